The molecule has 20 heavy (non-hydrogen) atoms. The third-order valence-electron chi connectivity index (χ3n) is 2.29. The number of hydrogen-bond donors (Lipinski definition) is 2. The van der Waals surface area contributed by atoms with Gasteiger partial charge in [0.1, 0.15) is 6.54 Å². The smallest absolute Gasteiger partial charge is 0.358 e. The summed E-state index contributed by atoms with van der Waals surface area (Å²) in [5.41, 5.74) is 0.276. The third-order valence-corrected chi connectivity index (χ3v) is 2.29. The van der Waals surface area contributed by atoms with Gasteiger partial charge in [-0.25, -0.2) is 14.5 Å². The number of aromatic nitrogens is 4. The first-order valence-corrected chi connectivity index (χ1v) is 5.52. The predicted octanol–water partition coefficient (Wildman–Crippen LogP) is 0.0186. The molecule has 2 rings (SSSR count). The van der Waals surface area contributed by atoms with Gasteiger partial charge < -0.3 is 15.2 Å². The molecule has 0 aliphatic rings. The van der Waals surface area contributed by atoms with Crippen LogP contribution in [0.4, 0.5) is 5.69 Å². The molecule has 0 atom stereocenters. The predicted molar refractivity (Wildman–Crippen MR) is 66.4 cm³/mol. The highest BCUT2D eigenvalue weighted by molar-refractivity contribution is 5.90. The number of hydrogen-bond acceptors (Lipinski definition) is 6. The van der Waals surface area contributed by atoms with Gasteiger partial charge >= 0.3 is 5.97 Å². The zero-order chi connectivity index (χ0) is 14.5. The van der Waals surface area contributed by atoms with Crippen molar-refractivity contribution in [3.05, 3.63) is 30.2 Å². The van der Waals surface area contributed by atoms with E-state index in [0.717, 1.165) is 4.68 Å². The van der Waals surface area contributed by atoms with Crippen molar-refractivity contribution in [2.75, 3.05) is 12.4 Å². The summed E-state index contributed by atoms with van der Waals surface area (Å²) >= 11 is 0. The first-order valence-electron chi connectivity index (χ1n) is 5.52. The van der Waals surface area contributed by atoms with E-state index in [1.165, 1.54) is 19.5 Å². The highest BCUT2D eigenvalue weighted by Gasteiger charge is 2.10. The first kappa shape index (κ1) is 13.5. The number of carboxylic acids is 1. The number of carbonyl (C=O) groups excluding carboxylic acids is 1. The Bertz CT molecular complexity index is 622. The molecule has 0 aliphatic heterocycles. The second-order valence-corrected chi connectivity index (χ2v) is 3.74. The van der Waals surface area contributed by atoms with Gasteiger partial charge in [0.25, 0.3) is 0 Å². The van der Waals surface area contributed by atoms with E-state index in [4.69, 9.17) is 9.84 Å². The van der Waals surface area contributed by atoms with Gasteiger partial charge in [-0.2, -0.15) is 0 Å². The maximum Gasteiger partial charge on any atom is 0.358 e. The number of rotatable bonds is 5. The number of anilines is 1. The molecule has 0 radical (unpaired) electrons. The van der Waals surface area contributed by atoms with Crippen molar-refractivity contribution in [1.82, 2.24) is 20.0 Å². The second kappa shape index (κ2) is 5.78. The molecule has 0 unspecified atom stereocenters. The van der Waals surface area contributed by atoms with E-state index in [0.29, 0.717) is 11.6 Å². The van der Waals surface area contributed by atoms with E-state index in [1.54, 1.807) is 12.1 Å². The number of methoxy groups -OCH3 is 1. The molecular weight excluding hydrogens is 266 g/mol. The molecule has 1 amide bonds. The molecule has 0 spiro atoms. The molecule has 9 nitrogen and oxygen atoms in total. The Morgan fingerprint density at radius 1 is 1.45 bits per heavy atom. The number of amides is 1. The quantitative estimate of drug-likeness (QED) is 0.790. The van der Waals surface area contributed by atoms with Crippen LogP contribution in [0.25, 0.3) is 0 Å². The van der Waals surface area contributed by atoms with Crippen molar-refractivity contribution in [2.45, 2.75) is 6.54 Å². The van der Waals surface area contributed by atoms with Crippen LogP contribution >= 0.6 is 0 Å². The average molecular weight is 277 g/mol. The van der Waals surface area contributed by atoms with Crippen LogP contribution in [0, 0.1) is 0 Å². The lowest BCUT2D eigenvalue weighted by Crippen LogP contribution is -2.19. The molecule has 0 aliphatic carbocycles. The van der Waals surface area contributed by atoms with Gasteiger partial charge in [-0.1, -0.05) is 5.21 Å². The fourth-order valence-electron chi connectivity index (χ4n) is 1.40. The summed E-state index contributed by atoms with van der Waals surface area (Å²) in [6.45, 7) is -0.147. The minimum atomic E-state index is -1.20. The minimum absolute atomic E-state index is 0.147. The van der Waals surface area contributed by atoms with Crippen molar-refractivity contribution in [1.29, 1.82) is 0 Å². The molecule has 0 bridgehead atoms. The SMILES string of the molecule is COc1ccc(NC(=O)Cn2cc(C(=O)O)nn2)cn1. The number of nitrogens with zero attached hydrogens (tertiary/aromatic N) is 4. The van der Waals surface area contributed by atoms with Crippen molar-refractivity contribution >= 4 is 17.6 Å². The summed E-state index contributed by atoms with van der Waals surface area (Å²) in [6, 6.07) is 3.24. The Labute approximate surface area is 113 Å². The van der Waals surface area contributed by atoms with Crippen molar-refractivity contribution in [3.8, 4) is 5.88 Å². The lowest BCUT2D eigenvalue weighted by Gasteiger charge is -2.05. The summed E-state index contributed by atoms with van der Waals surface area (Å²) in [5, 5.41) is 18.2. The van der Waals surface area contributed by atoms with Crippen LogP contribution in [0.1, 0.15) is 10.5 Å². The van der Waals surface area contributed by atoms with Crippen LogP contribution < -0.4 is 10.1 Å². The Morgan fingerprint density at radius 3 is 2.80 bits per heavy atom. The van der Waals surface area contributed by atoms with Crippen molar-refractivity contribution < 1.29 is 19.4 Å². The van der Waals surface area contributed by atoms with Crippen LogP contribution in [-0.2, 0) is 11.3 Å². The zero-order valence-corrected chi connectivity index (χ0v) is 10.5. The van der Waals surface area contributed by atoms with E-state index in [-0.39, 0.29) is 18.1 Å². The first-order chi connectivity index (χ1) is 9.58. The summed E-state index contributed by atoms with van der Waals surface area (Å²) in [6.07, 6.45) is 2.62. The molecule has 0 aromatic carbocycles. The molecule has 104 valence electrons. The molecule has 2 N–H and O–H groups in total. The van der Waals surface area contributed by atoms with Crippen LogP contribution in [0.2, 0.25) is 0 Å². The highest BCUT2D eigenvalue weighted by Crippen LogP contribution is 2.10. The minimum Gasteiger partial charge on any atom is -0.481 e. The van der Waals surface area contributed by atoms with Gasteiger partial charge in [-0.3, -0.25) is 4.79 Å². The number of aromatic carboxylic acids is 1. The number of carboxylic acid groups (broad SMARTS) is 1. The number of nitrogens with one attached hydrogen (secondary N) is 1. The van der Waals surface area contributed by atoms with E-state index < -0.39 is 5.97 Å². The fourth-order valence-corrected chi connectivity index (χ4v) is 1.40. The molecule has 0 fully saturated rings. The monoisotopic (exact) mass is 277 g/mol. The third kappa shape index (κ3) is 3.28. The largest absolute Gasteiger partial charge is 0.481 e. The number of carbonyl (C=O) groups is 2. The molecular formula is C11H11N5O4. The topological polar surface area (TPSA) is 119 Å². The molecule has 0 saturated heterocycles. The Kier molecular flexibility index (Phi) is 3.89. The van der Waals surface area contributed by atoms with Crippen LogP contribution in [-0.4, -0.2) is 44.1 Å². The standard InChI is InChI=1S/C11H11N5O4/c1-20-10-3-2-7(4-12-10)13-9(17)6-16-5-8(11(18)19)14-15-16/h2-5H,6H2,1H3,(H,13,17)(H,18,19). The molecule has 2 aromatic heterocycles. The molecule has 2 heterocycles. The lowest BCUT2D eigenvalue weighted by molar-refractivity contribution is -0.116. The van der Waals surface area contributed by atoms with Gasteiger partial charge in [-0.05, 0) is 6.07 Å². The van der Waals surface area contributed by atoms with E-state index >= 15 is 0 Å². The highest BCUT2D eigenvalue weighted by atomic mass is 16.5. The Balaban J connectivity index is 1.95. The van der Waals surface area contributed by atoms with Crippen LogP contribution in [0.15, 0.2) is 24.5 Å². The Morgan fingerprint density at radius 2 is 2.25 bits per heavy atom. The summed E-state index contributed by atoms with van der Waals surface area (Å²) in [4.78, 5) is 26.3. The molecule has 2 aromatic rings. The number of ether oxygens (including phenoxy) is 1. The fraction of sp³-hybridized carbons (Fsp3) is 0.182. The van der Waals surface area contributed by atoms with Crippen LogP contribution in [0.5, 0.6) is 5.88 Å². The van der Waals surface area contributed by atoms with E-state index in [2.05, 4.69) is 20.6 Å². The van der Waals surface area contributed by atoms with Crippen LogP contribution in [0.3, 0.4) is 0 Å². The lowest BCUT2D eigenvalue weighted by atomic mass is 10.4. The van der Waals surface area contributed by atoms with Gasteiger partial charge in [0.2, 0.25) is 11.8 Å². The van der Waals surface area contributed by atoms with Gasteiger partial charge in [0, 0.05) is 6.07 Å². The second-order valence-electron chi connectivity index (χ2n) is 3.74. The Hall–Kier alpha value is -2.97. The van der Waals surface area contributed by atoms with Crippen molar-refractivity contribution in [3.63, 3.8) is 0 Å². The molecule has 9 heteroatoms. The van der Waals surface area contributed by atoms with E-state index in [9.17, 15) is 9.59 Å². The molecule has 0 saturated carbocycles. The average Bonchev–Trinajstić information content (AvgIpc) is 2.88. The van der Waals surface area contributed by atoms with Gasteiger partial charge in [-0.15, -0.1) is 5.10 Å². The summed E-state index contributed by atoms with van der Waals surface area (Å²) in [7, 11) is 1.49. The zero-order valence-electron chi connectivity index (χ0n) is 10.5. The normalized spacial score (nSPS) is 10.1. The number of pyridine rings is 1. The van der Waals surface area contributed by atoms with E-state index in [1.807, 2.05) is 0 Å². The maximum absolute atomic E-state index is 11.7. The van der Waals surface area contributed by atoms with Gasteiger partial charge in [0.05, 0.1) is 25.2 Å². The summed E-state index contributed by atoms with van der Waals surface area (Å²) < 4.78 is 6.03. The van der Waals surface area contributed by atoms with Crippen molar-refractivity contribution in [2.24, 2.45) is 0 Å². The summed E-state index contributed by atoms with van der Waals surface area (Å²) in [5.74, 6) is -1.14. The maximum atomic E-state index is 11.7. The van der Waals surface area contributed by atoms with Gasteiger partial charge in [0.15, 0.2) is 5.69 Å².